The summed E-state index contributed by atoms with van der Waals surface area (Å²) in [6.45, 7) is 4.08. The lowest BCUT2D eigenvalue weighted by Crippen LogP contribution is -2.31. The van der Waals surface area contributed by atoms with E-state index >= 15 is 0 Å². The van der Waals surface area contributed by atoms with Gasteiger partial charge in [0.15, 0.2) is 0 Å². The first-order valence-corrected chi connectivity index (χ1v) is 5.40. The van der Waals surface area contributed by atoms with Gasteiger partial charge in [-0.2, -0.15) is 0 Å². The molecule has 4 nitrogen and oxygen atoms in total. The number of nitrogens with zero attached hydrogens (tertiary/aromatic N) is 1. The lowest BCUT2D eigenvalue weighted by molar-refractivity contribution is 0.0947. The summed E-state index contributed by atoms with van der Waals surface area (Å²) in [5.74, 6) is 4.87. The van der Waals surface area contributed by atoms with Crippen LogP contribution in [0.4, 0.5) is 0 Å². The average Bonchev–Trinajstić information content (AvgIpc) is 2.80. The van der Waals surface area contributed by atoms with E-state index in [0.29, 0.717) is 5.69 Å². The molecule has 3 N–H and O–H groups in total. The number of nitrogen functional groups attached to an aromatic ring is 1. The van der Waals surface area contributed by atoms with Crippen LogP contribution in [0, 0.1) is 13.8 Å². The van der Waals surface area contributed by atoms with E-state index < -0.39 is 0 Å². The number of hydrazine groups is 1. The number of aromatic nitrogens is 1. The summed E-state index contributed by atoms with van der Waals surface area (Å²) in [6.07, 6.45) is 1.85. The third-order valence-corrected chi connectivity index (χ3v) is 2.95. The molecule has 0 unspecified atom stereocenters. The third kappa shape index (κ3) is 1.94. The van der Waals surface area contributed by atoms with Crippen molar-refractivity contribution in [3.05, 3.63) is 53.3 Å². The molecule has 0 aliphatic carbocycles. The minimum atomic E-state index is -0.295. The second-order valence-corrected chi connectivity index (χ2v) is 3.96. The van der Waals surface area contributed by atoms with Crippen LogP contribution in [-0.4, -0.2) is 10.5 Å². The third-order valence-electron chi connectivity index (χ3n) is 2.95. The average molecular weight is 229 g/mol. The van der Waals surface area contributed by atoms with Crippen molar-refractivity contribution < 1.29 is 4.79 Å². The summed E-state index contributed by atoms with van der Waals surface area (Å²) in [5, 5.41) is 0. The first-order valence-electron chi connectivity index (χ1n) is 5.40. The molecule has 0 atom stereocenters. The van der Waals surface area contributed by atoms with Gasteiger partial charge in [0.2, 0.25) is 0 Å². The Morgan fingerprint density at radius 2 is 2.00 bits per heavy atom. The molecule has 17 heavy (non-hydrogen) atoms. The molecule has 1 amide bonds. The second-order valence-electron chi connectivity index (χ2n) is 3.96. The fourth-order valence-corrected chi connectivity index (χ4v) is 1.85. The molecule has 1 aromatic heterocycles. The maximum absolute atomic E-state index is 11.6. The molecule has 1 aromatic carbocycles. The van der Waals surface area contributed by atoms with Gasteiger partial charge >= 0.3 is 0 Å². The Hall–Kier alpha value is -2.07. The van der Waals surface area contributed by atoms with Gasteiger partial charge in [-0.1, -0.05) is 12.1 Å². The highest BCUT2D eigenvalue weighted by molar-refractivity contribution is 5.93. The number of rotatable bonds is 2. The number of carbonyl (C=O) groups excluding carboxylic acids is 1. The molecule has 4 heteroatoms. The highest BCUT2D eigenvalue weighted by Crippen LogP contribution is 2.19. The van der Waals surface area contributed by atoms with E-state index in [1.807, 2.05) is 48.9 Å². The second kappa shape index (κ2) is 4.43. The summed E-state index contributed by atoms with van der Waals surface area (Å²) in [5.41, 5.74) is 6.01. The Balaban J connectivity index is 2.58. The van der Waals surface area contributed by atoms with Gasteiger partial charge in [-0.05, 0) is 43.2 Å². The zero-order valence-electron chi connectivity index (χ0n) is 9.90. The Morgan fingerprint density at radius 1 is 1.24 bits per heavy atom. The van der Waals surface area contributed by atoms with Gasteiger partial charge in [0.25, 0.3) is 5.91 Å². The summed E-state index contributed by atoms with van der Waals surface area (Å²) in [4.78, 5) is 11.6. The molecule has 0 bridgehead atoms. The van der Waals surface area contributed by atoms with Gasteiger partial charge in [0, 0.05) is 11.9 Å². The molecule has 0 radical (unpaired) electrons. The van der Waals surface area contributed by atoms with Gasteiger partial charge in [0.1, 0.15) is 5.69 Å². The number of carbonyl (C=O) groups is 1. The molecule has 2 aromatic rings. The molecule has 88 valence electrons. The van der Waals surface area contributed by atoms with E-state index in [1.54, 1.807) is 6.07 Å². The van der Waals surface area contributed by atoms with Crippen LogP contribution in [0.3, 0.4) is 0 Å². The van der Waals surface area contributed by atoms with Crippen molar-refractivity contribution in [2.45, 2.75) is 13.8 Å². The van der Waals surface area contributed by atoms with Gasteiger partial charge < -0.3 is 4.57 Å². The van der Waals surface area contributed by atoms with Crippen LogP contribution < -0.4 is 11.3 Å². The van der Waals surface area contributed by atoms with Crippen LogP contribution in [0.1, 0.15) is 21.6 Å². The highest BCUT2D eigenvalue weighted by atomic mass is 16.2. The van der Waals surface area contributed by atoms with E-state index in [0.717, 1.165) is 11.3 Å². The molecule has 0 spiro atoms. The molecule has 2 rings (SSSR count). The van der Waals surface area contributed by atoms with Crippen molar-refractivity contribution in [2.24, 2.45) is 5.84 Å². The molecule has 1 heterocycles. The predicted octanol–water partition coefficient (Wildman–Crippen LogP) is 1.70. The lowest BCUT2D eigenvalue weighted by Gasteiger charge is -2.12. The summed E-state index contributed by atoms with van der Waals surface area (Å²) < 4.78 is 1.84. The van der Waals surface area contributed by atoms with Crippen LogP contribution in [0.2, 0.25) is 0 Å². The number of aryl methyl sites for hydroxylation is 1. The van der Waals surface area contributed by atoms with Gasteiger partial charge in [0.05, 0.1) is 0 Å². The molecule has 0 aliphatic rings. The summed E-state index contributed by atoms with van der Waals surface area (Å²) in [7, 11) is 0. The quantitative estimate of drug-likeness (QED) is 0.468. The molecule has 0 saturated carbocycles. The smallest absolute Gasteiger partial charge is 0.282 e. The van der Waals surface area contributed by atoms with Crippen molar-refractivity contribution in [3.63, 3.8) is 0 Å². The normalized spacial score (nSPS) is 10.3. The minimum Gasteiger partial charge on any atom is -0.312 e. The SMILES string of the molecule is Cc1cccc(-n2cccc2C(=O)NN)c1C. The van der Waals surface area contributed by atoms with Gasteiger partial charge in [-0.25, -0.2) is 5.84 Å². The topological polar surface area (TPSA) is 60.0 Å². The van der Waals surface area contributed by atoms with E-state index in [2.05, 4.69) is 5.43 Å². The van der Waals surface area contributed by atoms with E-state index in [1.165, 1.54) is 5.56 Å². The molecule has 0 fully saturated rings. The maximum atomic E-state index is 11.6. The first kappa shape index (κ1) is 11.4. The number of nitrogens with one attached hydrogen (secondary N) is 1. The lowest BCUT2D eigenvalue weighted by atomic mass is 10.1. The van der Waals surface area contributed by atoms with Crippen LogP contribution in [0.15, 0.2) is 36.5 Å². The van der Waals surface area contributed by atoms with Crippen LogP contribution in [-0.2, 0) is 0 Å². The number of benzene rings is 1. The van der Waals surface area contributed by atoms with Crippen LogP contribution in [0.5, 0.6) is 0 Å². The fraction of sp³-hybridized carbons (Fsp3) is 0.154. The largest absolute Gasteiger partial charge is 0.312 e. The molecule has 0 saturated heterocycles. The number of nitrogens with two attached hydrogens (primary N) is 1. The van der Waals surface area contributed by atoms with E-state index in [4.69, 9.17) is 5.84 Å². The van der Waals surface area contributed by atoms with Crippen molar-refractivity contribution >= 4 is 5.91 Å². The molecular weight excluding hydrogens is 214 g/mol. The van der Waals surface area contributed by atoms with Crippen LogP contribution in [0.25, 0.3) is 5.69 Å². The monoisotopic (exact) mass is 229 g/mol. The van der Waals surface area contributed by atoms with E-state index in [-0.39, 0.29) is 5.91 Å². The minimum absolute atomic E-state index is 0.295. The van der Waals surface area contributed by atoms with Crippen molar-refractivity contribution in [2.75, 3.05) is 0 Å². The number of hydrogen-bond acceptors (Lipinski definition) is 2. The highest BCUT2D eigenvalue weighted by Gasteiger charge is 2.12. The number of amides is 1. The molecular formula is C13H15N3O. The maximum Gasteiger partial charge on any atom is 0.282 e. The van der Waals surface area contributed by atoms with Gasteiger partial charge in [-0.3, -0.25) is 10.2 Å². The van der Waals surface area contributed by atoms with Crippen molar-refractivity contribution in [3.8, 4) is 5.69 Å². The van der Waals surface area contributed by atoms with Crippen molar-refractivity contribution in [1.82, 2.24) is 9.99 Å². The predicted molar refractivity (Wildman–Crippen MR) is 66.9 cm³/mol. The zero-order valence-corrected chi connectivity index (χ0v) is 9.90. The zero-order chi connectivity index (χ0) is 12.4. The summed E-state index contributed by atoms with van der Waals surface area (Å²) >= 11 is 0. The van der Waals surface area contributed by atoms with Crippen LogP contribution >= 0.6 is 0 Å². The van der Waals surface area contributed by atoms with E-state index in [9.17, 15) is 4.79 Å². The fourth-order valence-electron chi connectivity index (χ4n) is 1.85. The summed E-state index contributed by atoms with van der Waals surface area (Å²) in [6, 6.07) is 9.57. The number of hydrogen-bond donors (Lipinski definition) is 2. The Morgan fingerprint density at radius 3 is 2.71 bits per heavy atom. The Labute approximate surface area is 100 Å². The Kier molecular flexibility index (Phi) is 2.97. The molecule has 0 aliphatic heterocycles. The Bertz CT molecular complexity index is 558. The van der Waals surface area contributed by atoms with Gasteiger partial charge in [-0.15, -0.1) is 0 Å². The van der Waals surface area contributed by atoms with Crippen molar-refractivity contribution in [1.29, 1.82) is 0 Å². The standard InChI is InChI=1S/C13H15N3O/c1-9-5-3-6-11(10(9)2)16-8-4-7-12(16)13(17)15-14/h3-8H,14H2,1-2H3,(H,15,17). The first-order chi connectivity index (χ1) is 8.15.